The molecule has 0 radical (unpaired) electrons. The summed E-state index contributed by atoms with van der Waals surface area (Å²) in [5.74, 6) is 0.725. The Morgan fingerprint density at radius 2 is 1.85 bits per heavy atom. The number of hydrogen-bond acceptors (Lipinski definition) is 6. The van der Waals surface area contributed by atoms with Crippen LogP contribution in [0.1, 0.15) is 10.4 Å². The van der Waals surface area contributed by atoms with Gasteiger partial charge in [0.1, 0.15) is 5.65 Å². The standard InChI is InChI=1S/C19H18N6O/c1-23-6-8-24(9-7-23)19-20-11-13-10-14(12-26)18-21-15-4-2-3-5-16(15)25(18)17(13)22-19/h2-5,10-12H,6-9H2,1H3. The molecular formula is C19H18N6O. The van der Waals surface area contributed by atoms with Gasteiger partial charge in [0.2, 0.25) is 5.95 Å². The fraction of sp³-hybridized carbons (Fsp3) is 0.263. The van der Waals surface area contributed by atoms with Gasteiger partial charge in [0.15, 0.2) is 11.9 Å². The summed E-state index contributed by atoms with van der Waals surface area (Å²) in [6.45, 7) is 3.80. The molecule has 0 atom stereocenters. The molecule has 7 heteroatoms. The molecule has 1 aliphatic rings. The molecule has 0 N–H and O–H groups in total. The Kier molecular flexibility index (Phi) is 3.36. The second kappa shape index (κ2) is 5.74. The van der Waals surface area contributed by atoms with Crippen LogP contribution in [0.25, 0.3) is 27.7 Å². The first-order valence-corrected chi connectivity index (χ1v) is 8.70. The molecule has 0 amide bonds. The minimum Gasteiger partial charge on any atom is -0.338 e. The van der Waals surface area contributed by atoms with Gasteiger partial charge in [0, 0.05) is 37.8 Å². The molecule has 26 heavy (non-hydrogen) atoms. The highest BCUT2D eigenvalue weighted by molar-refractivity contribution is 5.97. The molecule has 4 heterocycles. The Balaban J connectivity index is 1.78. The number of benzene rings is 1. The molecule has 130 valence electrons. The number of para-hydroxylation sites is 2. The summed E-state index contributed by atoms with van der Waals surface area (Å²) in [5, 5.41) is 0.834. The number of imidazole rings is 1. The highest BCUT2D eigenvalue weighted by Crippen LogP contribution is 2.25. The van der Waals surface area contributed by atoms with Crippen molar-refractivity contribution in [2.75, 3.05) is 38.1 Å². The van der Waals surface area contributed by atoms with E-state index < -0.39 is 0 Å². The van der Waals surface area contributed by atoms with Crippen molar-refractivity contribution in [3.05, 3.63) is 42.1 Å². The Morgan fingerprint density at radius 3 is 2.65 bits per heavy atom. The fourth-order valence-electron chi connectivity index (χ4n) is 3.57. The van der Waals surface area contributed by atoms with Crippen LogP contribution in [0, 0.1) is 0 Å². The lowest BCUT2D eigenvalue weighted by molar-refractivity contribution is 0.112. The molecule has 7 nitrogen and oxygen atoms in total. The van der Waals surface area contributed by atoms with Crippen LogP contribution in [-0.4, -0.2) is 63.8 Å². The highest BCUT2D eigenvalue weighted by atomic mass is 16.1. The van der Waals surface area contributed by atoms with Crippen LogP contribution in [-0.2, 0) is 0 Å². The second-order valence-electron chi connectivity index (χ2n) is 6.72. The summed E-state index contributed by atoms with van der Waals surface area (Å²) in [6.07, 6.45) is 2.65. The maximum absolute atomic E-state index is 11.6. The quantitative estimate of drug-likeness (QED) is 0.517. The lowest BCUT2D eigenvalue weighted by atomic mass is 10.2. The molecule has 1 fully saturated rings. The lowest BCUT2D eigenvalue weighted by Crippen LogP contribution is -2.45. The number of likely N-dealkylation sites (N-methyl/N-ethyl adjacent to an activating group) is 1. The smallest absolute Gasteiger partial charge is 0.227 e. The molecule has 0 aliphatic carbocycles. The van der Waals surface area contributed by atoms with E-state index in [2.05, 4.69) is 26.8 Å². The number of aromatic nitrogens is 4. The molecule has 3 aromatic heterocycles. The highest BCUT2D eigenvalue weighted by Gasteiger charge is 2.19. The number of fused-ring (bicyclic) bond motifs is 5. The number of anilines is 1. The van der Waals surface area contributed by atoms with Crippen LogP contribution in [0.3, 0.4) is 0 Å². The summed E-state index contributed by atoms with van der Waals surface area (Å²) in [4.78, 5) is 30.1. The molecule has 0 saturated carbocycles. The third-order valence-electron chi connectivity index (χ3n) is 5.04. The van der Waals surface area contributed by atoms with Gasteiger partial charge in [-0.2, -0.15) is 4.98 Å². The average molecular weight is 346 g/mol. The SMILES string of the molecule is CN1CCN(c2ncc3cc(C=O)c4nc5ccccc5n4c3n2)CC1. The molecular weight excluding hydrogens is 328 g/mol. The van der Waals surface area contributed by atoms with Gasteiger partial charge in [-0.15, -0.1) is 0 Å². The number of carbonyl (C=O) groups excluding carboxylic acids is 1. The molecule has 1 aliphatic heterocycles. The zero-order valence-corrected chi connectivity index (χ0v) is 14.5. The monoisotopic (exact) mass is 346 g/mol. The van der Waals surface area contributed by atoms with E-state index in [-0.39, 0.29) is 0 Å². The number of rotatable bonds is 2. The average Bonchev–Trinajstić information content (AvgIpc) is 3.07. The molecule has 0 unspecified atom stereocenters. The van der Waals surface area contributed by atoms with Gasteiger partial charge < -0.3 is 9.80 Å². The van der Waals surface area contributed by atoms with Crippen LogP contribution in [0.4, 0.5) is 5.95 Å². The maximum atomic E-state index is 11.6. The Morgan fingerprint density at radius 1 is 1.04 bits per heavy atom. The third-order valence-corrected chi connectivity index (χ3v) is 5.04. The van der Waals surface area contributed by atoms with E-state index in [4.69, 9.17) is 4.98 Å². The van der Waals surface area contributed by atoms with Crippen molar-refractivity contribution < 1.29 is 4.79 Å². The van der Waals surface area contributed by atoms with E-state index in [1.54, 1.807) is 6.20 Å². The van der Waals surface area contributed by atoms with E-state index in [0.29, 0.717) is 11.2 Å². The van der Waals surface area contributed by atoms with Gasteiger partial charge in [-0.25, -0.2) is 9.97 Å². The Hall–Kier alpha value is -3.06. The molecule has 0 spiro atoms. The largest absolute Gasteiger partial charge is 0.338 e. The molecule has 4 aromatic rings. The topological polar surface area (TPSA) is 66.6 Å². The van der Waals surface area contributed by atoms with E-state index in [1.165, 1.54) is 0 Å². The summed E-state index contributed by atoms with van der Waals surface area (Å²) < 4.78 is 1.97. The summed E-state index contributed by atoms with van der Waals surface area (Å²) in [6, 6.07) is 9.68. The van der Waals surface area contributed by atoms with Crippen molar-refractivity contribution >= 4 is 39.9 Å². The van der Waals surface area contributed by atoms with E-state index in [9.17, 15) is 4.79 Å². The predicted molar refractivity (Wildman–Crippen MR) is 101 cm³/mol. The van der Waals surface area contributed by atoms with Crippen LogP contribution in [0.15, 0.2) is 36.5 Å². The van der Waals surface area contributed by atoms with Gasteiger partial charge in [-0.3, -0.25) is 9.20 Å². The van der Waals surface area contributed by atoms with Crippen LogP contribution in [0.2, 0.25) is 0 Å². The zero-order valence-electron chi connectivity index (χ0n) is 14.5. The summed E-state index contributed by atoms with van der Waals surface area (Å²) in [7, 11) is 2.13. The fourth-order valence-corrected chi connectivity index (χ4v) is 3.57. The van der Waals surface area contributed by atoms with E-state index in [0.717, 1.165) is 60.5 Å². The van der Waals surface area contributed by atoms with E-state index >= 15 is 0 Å². The Bertz CT molecular complexity index is 1140. The molecule has 5 rings (SSSR count). The summed E-state index contributed by atoms with van der Waals surface area (Å²) in [5.41, 5.74) is 3.76. The van der Waals surface area contributed by atoms with Crippen molar-refractivity contribution in [2.45, 2.75) is 0 Å². The van der Waals surface area contributed by atoms with Gasteiger partial charge in [-0.05, 0) is 25.2 Å². The second-order valence-corrected chi connectivity index (χ2v) is 6.72. The first-order chi connectivity index (χ1) is 12.7. The number of piperazine rings is 1. The van der Waals surface area contributed by atoms with Gasteiger partial charge in [-0.1, -0.05) is 12.1 Å². The summed E-state index contributed by atoms with van der Waals surface area (Å²) >= 11 is 0. The van der Waals surface area contributed by atoms with Crippen LogP contribution >= 0.6 is 0 Å². The number of pyridine rings is 1. The third kappa shape index (κ3) is 2.24. The minimum absolute atomic E-state index is 0.546. The van der Waals surface area contributed by atoms with Crippen LogP contribution in [0.5, 0.6) is 0 Å². The van der Waals surface area contributed by atoms with Crippen molar-refractivity contribution in [1.29, 1.82) is 0 Å². The minimum atomic E-state index is 0.546. The number of carbonyl (C=O) groups is 1. The first kappa shape index (κ1) is 15.2. The first-order valence-electron chi connectivity index (χ1n) is 8.70. The number of nitrogens with zero attached hydrogens (tertiary/aromatic N) is 6. The molecule has 1 aromatic carbocycles. The predicted octanol–water partition coefficient (Wildman–Crippen LogP) is 1.99. The van der Waals surface area contributed by atoms with Gasteiger partial charge in [0.05, 0.1) is 16.6 Å². The van der Waals surface area contributed by atoms with Gasteiger partial charge >= 0.3 is 0 Å². The zero-order chi connectivity index (χ0) is 17.7. The Labute approximate surface area is 149 Å². The van der Waals surface area contributed by atoms with E-state index in [1.807, 2.05) is 34.7 Å². The van der Waals surface area contributed by atoms with Crippen molar-refractivity contribution in [3.8, 4) is 0 Å². The molecule has 0 bridgehead atoms. The van der Waals surface area contributed by atoms with Crippen molar-refractivity contribution in [2.24, 2.45) is 0 Å². The van der Waals surface area contributed by atoms with Crippen molar-refractivity contribution in [3.63, 3.8) is 0 Å². The van der Waals surface area contributed by atoms with Gasteiger partial charge in [0.25, 0.3) is 0 Å². The normalized spacial score (nSPS) is 16.0. The lowest BCUT2D eigenvalue weighted by Gasteiger charge is -2.32. The molecule has 1 saturated heterocycles. The number of hydrogen-bond donors (Lipinski definition) is 0. The maximum Gasteiger partial charge on any atom is 0.227 e. The van der Waals surface area contributed by atoms with Crippen LogP contribution < -0.4 is 4.90 Å². The number of aldehydes is 1. The van der Waals surface area contributed by atoms with Crippen molar-refractivity contribution in [1.82, 2.24) is 24.3 Å².